The Morgan fingerprint density at radius 2 is 2.00 bits per heavy atom. The van der Waals surface area contributed by atoms with Gasteiger partial charge in [0.1, 0.15) is 0 Å². The van der Waals surface area contributed by atoms with Crippen LogP contribution in [0.5, 0.6) is 0 Å². The van der Waals surface area contributed by atoms with E-state index in [9.17, 15) is 0 Å². The van der Waals surface area contributed by atoms with Gasteiger partial charge in [-0.15, -0.1) is 0 Å². The molecule has 0 amide bonds. The van der Waals surface area contributed by atoms with Gasteiger partial charge in [0.2, 0.25) is 6.08 Å². The third kappa shape index (κ3) is 3.65. The van der Waals surface area contributed by atoms with Gasteiger partial charge in [-0.2, -0.15) is 0 Å². The predicted molar refractivity (Wildman–Crippen MR) is 59.7 cm³/mol. The standard InChI is InChI=1S/C11H12.CHNO/c1-4-10-7-5-6-8-11(10)9(2)3;2-1-3/h4-8H,1-2H2,3H3;2H. The van der Waals surface area contributed by atoms with E-state index < -0.39 is 0 Å². The normalized spacial score (nSPS) is 7.79. The fourth-order valence-corrected chi connectivity index (χ4v) is 1.06. The second-order valence-electron chi connectivity index (χ2n) is 2.67. The van der Waals surface area contributed by atoms with Crippen molar-refractivity contribution in [3.05, 3.63) is 48.6 Å². The molecule has 0 saturated heterocycles. The number of isocyanates is 1. The molecule has 1 aromatic carbocycles. The van der Waals surface area contributed by atoms with Crippen LogP contribution in [0.25, 0.3) is 11.6 Å². The van der Waals surface area contributed by atoms with Gasteiger partial charge in [-0.05, 0) is 18.1 Å². The molecule has 14 heavy (non-hydrogen) atoms. The number of carbonyl (C=O) groups excluding carboxylic acids is 1. The second-order valence-corrected chi connectivity index (χ2v) is 2.67. The van der Waals surface area contributed by atoms with Gasteiger partial charge in [0.05, 0.1) is 0 Å². The van der Waals surface area contributed by atoms with Crippen molar-refractivity contribution in [1.29, 1.82) is 5.41 Å². The first-order chi connectivity index (χ1) is 6.67. The average Bonchev–Trinajstić information content (AvgIpc) is 2.19. The first-order valence-corrected chi connectivity index (χ1v) is 4.08. The molecule has 1 aromatic rings. The van der Waals surface area contributed by atoms with Gasteiger partial charge in [0.25, 0.3) is 0 Å². The van der Waals surface area contributed by atoms with Crippen molar-refractivity contribution in [2.75, 3.05) is 0 Å². The third-order valence-corrected chi connectivity index (χ3v) is 1.64. The summed E-state index contributed by atoms with van der Waals surface area (Å²) in [5.41, 5.74) is 3.42. The van der Waals surface area contributed by atoms with Crippen LogP contribution in [-0.4, -0.2) is 6.08 Å². The van der Waals surface area contributed by atoms with Gasteiger partial charge >= 0.3 is 0 Å². The maximum absolute atomic E-state index is 8.35. The lowest BCUT2D eigenvalue weighted by Gasteiger charge is -2.02. The first-order valence-electron chi connectivity index (χ1n) is 4.08. The van der Waals surface area contributed by atoms with Gasteiger partial charge in [0.15, 0.2) is 0 Å². The Morgan fingerprint density at radius 1 is 1.50 bits per heavy atom. The van der Waals surface area contributed by atoms with E-state index in [0.29, 0.717) is 0 Å². The molecule has 72 valence electrons. The van der Waals surface area contributed by atoms with E-state index in [1.165, 1.54) is 5.56 Å². The number of hydrogen-bond acceptors (Lipinski definition) is 2. The fourth-order valence-electron chi connectivity index (χ4n) is 1.06. The van der Waals surface area contributed by atoms with Gasteiger partial charge in [-0.25, -0.2) is 10.2 Å². The summed E-state index contributed by atoms with van der Waals surface area (Å²) in [4.78, 5) is 8.35. The molecule has 2 heteroatoms. The molecule has 0 aliphatic rings. The summed E-state index contributed by atoms with van der Waals surface area (Å²) in [6.07, 6.45) is 2.60. The maximum atomic E-state index is 8.35. The molecule has 0 atom stereocenters. The Morgan fingerprint density at radius 3 is 2.36 bits per heavy atom. The third-order valence-electron chi connectivity index (χ3n) is 1.64. The Bertz CT molecular complexity index is 360. The summed E-state index contributed by atoms with van der Waals surface area (Å²) in [5, 5.41) is 5.40. The zero-order chi connectivity index (χ0) is 11.0. The molecule has 0 bridgehead atoms. The lowest BCUT2D eigenvalue weighted by atomic mass is 10.0. The van der Waals surface area contributed by atoms with Gasteiger partial charge < -0.3 is 0 Å². The summed E-state index contributed by atoms with van der Waals surface area (Å²) >= 11 is 0. The van der Waals surface area contributed by atoms with Crippen LogP contribution in [0.4, 0.5) is 0 Å². The van der Waals surface area contributed by atoms with E-state index in [-0.39, 0.29) is 0 Å². The summed E-state index contributed by atoms with van der Waals surface area (Å²) in [5.74, 6) is 0. The Labute approximate surface area is 84.1 Å². The molecule has 0 fully saturated rings. The van der Waals surface area contributed by atoms with Crippen molar-refractivity contribution < 1.29 is 4.79 Å². The van der Waals surface area contributed by atoms with Crippen molar-refractivity contribution in [3.63, 3.8) is 0 Å². The lowest BCUT2D eigenvalue weighted by molar-refractivity contribution is 0.563. The number of benzene rings is 1. The molecule has 0 heterocycles. The van der Waals surface area contributed by atoms with Gasteiger partial charge in [-0.1, -0.05) is 49.1 Å². The highest BCUT2D eigenvalue weighted by Gasteiger charge is 1.96. The lowest BCUT2D eigenvalue weighted by Crippen LogP contribution is -1.82. The summed E-state index contributed by atoms with van der Waals surface area (Å²) in [6.45, 7) is 9.62. The molecule has 0 aliphatic carbocycles. The molecule has 1 N–H and O–H groups in total. The van der Waals surface area contributed by atoms with Crippen LogP contribution in [0.1, 0.15) is 18.1 Å². The van der Waals surface area contributed by atoms with Gasteiger partial charge in [-0.3, -0.25) is 0 Å². The molecular weight excluding hydrogens is 174 g/mol. The van der Waals surface area contributed by atoms with E-state index in [2.05, 4.69) is 19.2 Å². The van der Waals surface area contributed by atoms with Crippen LogP contribution >= 0.6 is 0 Å². The minimum absolute atomic E-state index is 0.750. The average molecular weight is 187 g/mol. The van der Waals surface area contributed by atoms with Crippen LogP contribution in [0, 0.1) is 5.41 Å². The Hall–Kier alpha value is -1.92. The largest absolute Gasteiger partial charge is 0.231 e. The van der Waals surface area contributed by atoms with Crippen LogP contribution in [0.2, 0.25) is 0 Å². The number of allylic oxidation sites excluding steroid dienone is 1. The molecule has 0 spiro atoms. The highest BCUT2D eigenvalue weighted by Crippen LogP contribution is 2.17. The SMILES string of the molecule is C=Cc1ccccc1C(=C)C.N=C=O. The zero-order valence-corrected chi connectivity index (χ0v) is 8.21. The number of nitrogens with one attached hydrogen (secondary N) is 1. The number of rotatable bonds is 2. The Balaban J connectivity index is 0.000000500. The fraction of sp³-hybridized carbons (Fsp3) is 0.0833. The molecule has 0 saturated carbocycles. The highest BCUT2D eigenvalue weighted by molar-refractivity contribution is 5.71. The molecule has 0 aromatic heterocycles. The predicted octanol–water partition coefficient (Wildman–Crippen LogP) is 3.26. The summed E-state index contributed by atoms with van der Waals surface area (Å²) < 4.78 is 0. The van der Waals surface area contributed by atoms with Gasteiger partial charge in [0, 0.05) is 0 Å². The first kappa shape index (κ1) is 12.1. The molecular formula is C12H13NO. The van der Waals surface area contributed by atoms with E-state index in [1.807, 2.05) is 31.2 Å². The quantitative estimate of drug-likeness (QED) is 0.560. The zero-order valence-electron chi connectivity index (χ0n) is 8.21. The molecule has 0 radical (unpaired) electrons. The maximum Gasteiger partial charge on any atom is 0.231 e. The summed E-state index contributed by atoms with van der Waals surface area (Å²) in [7, 11) is 0. The van der Waals surface area contributed by atoms with Crippen LogP contribution in [0.15, 0.2) is 37.4 Å². The number of hydrogen-bond donors (Lipinski definition) is 1. The van der Waals surface area contributed by atoms with Crippen molar-refractivity contribution >= 4 is 17.7 Å². The molecule has 0 unspecified atom stereocenters. The van der Waals surface area contributed by atoms with Crippen LogP contribution in [0.3, 0.4) is 0 Å². The van der Waals surface area contributed by atoms with Crippen molar-refractivity contribution in [2.24, 2.45) is 0 Å². The van der Waals surface area contributed by atoms with Crippen LogP contribution in [-0.2, 0) is 4.79 Å². The van der Waals surface area contributed by atoms with Crippen molar-refractivity contribution in [3.8, 4) is 0 Å². The molecule has 1 rings (SSSR count). The van der Waals surface area contributed by atoms with Crippen LogP contribution < -0.4 is 0 Å². The van der Waals surface area contributed by atoms with E-state index in [4.69, 9.17) is 10.2 Å². The molecule has 2 nitrogen and oxygen atoms in total. The smallest absolute Gasteiger partial charge is 0.222 e. The minimum Gasteiger partial charge on any atom is -0.222 e. The van der Waals surface area contributed by atoms with E-state index >= 15 is 0 Å². The Kier molecular flexibility index (Phi) is 5.68. The summed E-state index contributed by atoms with van der Waals surface area (Å²) in [6, 6.07) is 8.11. The highest BCUT2D eigenvalue weighted by atomic mass is 16.1. The molecule has 0 aliphatic heterocycles. The second kappa shape index (κ2) is 6.58. The topological polar surface area (TPSA) is 40.9 Å². The van der Waals surface area contributed by atoms with E-state index in [0.717, 1.165) is 17.2 Å². The van der Waals surface area contributed by atoms with E-state index in [1.54, 1.807) is 0 Å². The minimum atomic E-state index is 0.750. The monoisotopic (exact) mass is 187 g/mol. The van der Waals surface area contributed by atoms with Crippen molar-refractivity contribution in [2.45, 2.75) is 6.92 Å². The van der Waals surface area contributed by atoms with Crippen molar-refractivity contribution in [1.82, 2.24) is 0 Å².